The van der Waals surface area contributed by atoms with Gasteiger partial charge in [-0.2, -0.15) is 11.8 Å². The van der Waals surface area contributed by atoms with Crippen molar-refractivity contribution in [3.8, 4) is 0 Å². The second kappa shape index (κ2) is 3.51. The van der Waals surface area contributed by atoms with Gasteiger partial charge in [-0.1, -0.05) is 0 Å². The highest BCUT2D eigenvalue weighted by Crippen LogP contribution is 2.07. The van der Waals surface area contributed by atoms with Crippen molar-refractivity contribution in [1.29, 1.82) is 0 Å². The zero-order valence-corrected chi connectivity index (χ0v) is 5.90. The molecule has 0 amide bonds. The second-order valence-electron chi connectivity index (χ2n) is 1.70. The van der Waals surface area contributed by atoms with E-state index in [0.717, 1.165) is 5.75 Å². The molecule has 0 aliphatic carbocycles. The van der Waals surface area contributed by atoms with Crippen molar-refractivity contribution in [1.82, 2.24) is 4.98 Å². The number of aromatic nitrogens is 1. The number of pyridine rings is 1. The number of hydrogen-bond donors (Lipinski definition) is 0. The molecule has 1 nitrogen and oxygen atoms in total. The summed E-state index contributed by atoms with van der Waals surface area (Å²) in [6.07, 6.45) is 7.27. The minimum atomic E-state index is 0.975. The molecular formula is C7H8NS. The van der Waals surface area contributed by atoms with Gasteiger partial charge < -0.3 is 0 Å². The molecule has 0 fully saturated rings. The van der Waals surface area contributed by atoms with E-state index in [2.05, 4.69) is 11.2 Å². The summed E-state index contributed by atoms with van der Waals surface area (Å²) in [5.74, 6) is 0.975. The number of thioether (sulfide) groups is 1. The van der Waals surface area contributed by atoms with Crippen LogP contribution in [0, 0.1) is 6.26 Å². The van der Waals surface area contributed by atoms with Crippen molar-refractivity contribution >= 4 is 11.8 Å². The first-order chi connectivity index (χ1) is 4.43. The SMILES string of the molecule is [CH2]SCc1ccncc1. The van der Waals surface area contributed by atoms with Crippen molar-refractivity contribution in [2.24, 2.45) is 0 Å². The summed E-state index contributed by atoms with van der Waals surface area (Å²) >= 11 is 1.58. The van der Waals surface area contributed by atoms with Gasteiger partial charge in [-0.05, 0) is 17.7 Å². The average molecular weight is 138 g/mol. The summed E-state index contributed by atoms with van der Waals surface area (Å²) in [6.45, 7) is 0. The first kappa shape index (κ1) is 6.62. The summed E-state index contributed by atoms with van der Waals surface area (Å²) in [5.41, 5.74) is 1.28. The van der Waals surface area contributed by atoms with Crippen LogP contribution in [0.2, 0.25) is 0 Å². The largest absolute Gasteiger partial charge is 0.265 e. The van der Waals surface area contributed by atoms with Crippen molar-refractivity contribution in [2.75, 3.05) is 0 Å². The van der Waals surface area contributed by atoms with Crippen LogP contribution in [0.1, 0.15) is 5.56 Å². The highest BCUT2D eigenvalue weighted by Gasteiger charge is 1.85. The Morgan fingerprint density at radius 3 is 2.67 bits per heavy atom. The van der Waals surface area contributed by atoms with E-state index in [1.165, 1.54) is 5.56 Å². The third kappa shape index (κ3) is 2.06. The maximum atomic E-state index is 3.90. The molecule has 0 atom stereocenters. The summed E-state index contributed by atoms with van der Waals surface area (Å²) in [4.78, 5) is 3.90. The van der Waals surface area contributed by atoms with E-state index in [1.54, 1.807) is 24.2 Å². The Morgan fingerprint density at radius 1 is 1.44 bits per heavy atom. The lowest BCUT2D eigenvalue weighted by molar-refractivity contribution is 1.27. The number of rotatable bonds is 2. The number of hydrogen-bond acceptors (Lipinski definition) is 2. The minimum Gasteiger partial charge on any atom is -0.265 e. The maximum absolute atomic E-state index is 3.90. The predicted octanol–water partition coefficient (Wildman–Crippen LogP) is 2.11. The van der Waals surface area contributed by atoms with Gasteiger partial charge in [0.25, 0.3) is 0 Å². The van der Waals surface area contributed by atoms with Gasteiger partial charge in [0.2, 0.25) is 0 Å². The molecule has 1 rings (SSSR count). The van der Waals surface area contributed by atoms with E-state index in [1.807, 2.05) is 12.1 Å². The Kier molecular flexibility index (Phi) is 2.58. The Hall–Kier alpha value is -0.500. The van der Waals surface area contributed by atoms with Crippen molar-refractivity contribution in [3.63, 3.8) is 0 Å². The molecule has 0 unspecified atom stereocenters. The molecule has 0 bridgehead atoms. The van der Waals surface area contributed by atoms with Gasteiger partial charge in [0.05, 0.1) is 0 Å². The normalized spacial score (nSPS) is 9.44. The molecule has 2 heteroatoms. The fourth-order valence-electron chi connectivity index (χ4n) is 0.597. The lowest BCUT2D eigenvalue weighted by Gasteiger charge is -1.93. The lowest BCUT2D eigenvalue weighted by atomic mass is 10.3. The summed E-state index contributed by atoms with van der Waals surface area (Å²) in [5, 5.41) is 0. The Bertz CT molecular complexity index is 162. The second-order valence-corrected chi connectivity index (χ2v) is 2.40. The highest BCUT2D eigenvalue weighted by molar-refractivity contribution is 7.99. The van der Waals surface area contributed by atoms with Crippen LogP contribution in [0.4, 0.5) is 0 Å². The van der Waals surface area contributed by atoms with Crippen LogP contribution in [-0.4, -0.2) is 4.98 Å². The fourth-order valence-corrected chi connectivity index (χ4v) is 1.03. The van der Waals surface area contributed by atoms with E-state index in [9.17, 15) is 0 Å². The van der Waals surface area contributed by atoms with Crippen LogP contribution in [0.15, 0.2) is 24.5 Å². The van der Waals surface area contributed by atoms with Crippen LogP contribution >= 0.6 is 11.8 Å². The van der Waals surface area contributed by atoms with Crippen LogP contribution in [0.5, 0.6) is 0 Å². The average Bonchev–Trinajstić information content (AvgIpc) is 1.91. The molecule has 9 heavy (non-hydrogen) atoms. The van der Waals surface area contributed by atoms with Crippen molar-refractivity contribution in [3.05, 3.63) is 36.3 Å². The van der Waals surface area contributed by atoms with E-state index in [4.69, 9.17) is 0 Å². The third-order valence-electron chi connectivity index (χ3n) is 1.02. The van der Waals surface area contributed by atoms with Gasteiger partial charge in [-0.15, -0.1) is 0 Å². The Morgan fingerprint density at radius 2 is 2.11 bits per heavy atom. The molecule has 0 saturated heterocycles. The first-order valence-electron chi connectivity index (χ1n) is 2.69. The molecule has 0 aliphatic heterocycles. The van der Waals surface area contributed by atoms with Crippen molar-refractivity contribution < 1.29 is 0 Å². The topological polar surface area (TPSA) is 12.9 Å². The Labute approximate surface area is 59.5 Å². The maximum Gasteiger partial charge on any atom is 0.0270 e. The molecule has 1 aromatic rings. The van der Waals surface area contributed by atoms with E-state index < -0.39 is 0 Å². The Balaban J connectivity index is 2.61. The van der Waals surface area contributed by atoms with Crippen molar-refractivity contribution in [2.45, 2.75) is 5.75 Å². The molecule has 1 aromatic heterocycles. The van der Waals surface area contributed by atoms with E-state index >= 15 is 0 Å². The van der Waals surface area contributed by atoms with Gasteiger partial charge in [0.15, 0.2) is 0 Å². The molecule has 0 N–H and O–H groups in total. The molecule has 0 spiro atoms. The summed E-state index contributed by atoms with van der Waals surface area (Å²) in [7, 11) is 0. The molecule has 0 aromatic carbocycles. The molecule has 1 radical (unpaired) electrons. The first-order valence-corrected chi connectivity index (χ1v) is 3.85. The van der Waals surface area contributed by atoms with Crippen LogP contribution in [0.25, 0.3) is 0 Å². The van der Waals surface area contributed by atoms with E-state index in [0.29, 0.717) is 0 Å². The minimum absolute atomic E-state index is 0.975. The molecule has 0 saturated carbocycles. The summed E-state index contributed by atoms with van der Waals surface area (Å²) in [6, 6.07) is 4.00. The molecular weight excluding hydrogens is 130 g/mol. The lowest BCUT2D eigenvalue weighted by Crippen LogP contribution is -1.77. The predicted molar refractivity (Wildman–Crippen MR) is 40.9 cm³/mol. The van der Waals surface area contributed by atoms with Gasteiger partial charge in [-0.3, -0.25) is 4.98 Å². The van der Waals surface area contributed by atoms with Gasteiger partial charge in [-0.25, -0.2) is 0 Å². The highest BCUT2D eigenvalue weighted by atomic mass is 32.2. The van der Waals surface area contributed by atoms with Gasteiger partial charge >= 0.3 is 0 Å². The zero-order valence-electron chi connectivity index (χ0n) is 5.08. The van der Waals surface area contributed by atoms with Gasteiger partial charge in [0.1, 0.15) is 0 Å². The standard InChI is InChI=1S/C7H8NS/c1-9-6-7-2-4-8-5-3-7/h2-5H,1,6H2. The molecule has 1 heterocycles. The monoisotopic (exact) mass is 138 g/mol. The molecule has 47 valence electrons. The van der Waals surface area contributed by atoms with Crippen LogP contribution < -0.4 is 0 Å². The summed E-state index contributed by atoms with van der Waals surface area (Å²) < 4.78 is 0. The van der Waals surface area contributed by atoms with Gasteiger partial charge in [0, 0.05) is 24.4 Å². The molecule has 0 aliphatic rings. The van der Waals surface area contributed by atoms with E-state index in [-0.39, 0.29) is 0 Å². The third-order valence-corrected chi connectivity index (χ3v) is 1.56. The quantitative estimate of drug-likeness (QED) is 0.620. The number of nitrogens with zero attached hydrogens (tertiary/aromatic N) is 1. The smallest absolute Gasteiger partial charge is 0.0270 e. The van der Waals surface area contributed by atoms with Crippen LogP contribution in [-0.2, 0) is 5.75 Å². The van der Waals surface area contributed by atoms with Crippen LogP contribution in [0.3, 0.4) is 0 Å². The zero-order chi connectivity index (χ0) is 6.53. The fraction of sp³-hybridized carbons (Fsp3) is 0.143.